The predicted octanol–water partition coefficient (Wildman–Crippen LogP) is 4.93. The second-order valence-electron chi connectivity index (χ2n) is 7.45. The zero-order valence-corrected chi connectivity index (χ0v) is 18.8. The van der Waals surface area contributed by atoms with E-state index in [1.165, 1.54) is 4.90 Å². The fraction of sp³-hybridized carbons (Fsp3) is 0.200. The van der Waals surface area contributed by atoms with Crippen molar-refractivity contribution in [2.24, 2.45) is 7.05 Å². The monoisotopic (exact) mass is 450 g/mol. The molecule has 3 aromatic rings. The van der Waals surface area contributed by atoms with Crippen molar-refractivity contribution >= 4 is 29.2 Å². The van der Waals surface area contributed by atoms with Gasteiger partial charge in [-0.3, -0.25) is 4.79 Å². The molecule has 1 aromatic heterocycles. The number of hydrogen-bond acceptors (Lipinski definition) is 2. The maximum atomic E-state index is 13.3. The van der Waals surface area contributed by atoms with E-state index >= 15 is 0 Å². The number of anilines is 1. The molecule has 0 saturated carbocycles. The number of rotatable bonds is 9. The maximum absolute atomic E-state index is 13.3. The molecule has 6 nitrogen and oxygen atoms in total. The number of aromatic nitrogens is 1. The fourth-order valence-corrected chi connectivity index (χ4v) is 3.39. The van der Waals surface area contributed by atoms with Gasteiger partial charge in [-0.25, -0.2) is 4.79 Å². The Kier molecular flexibility index (Phi) is 8.11. The van der Waals surface area contributed by atoms with E-state index in [0.29, 0.717) is 23.8 Å². The minimum absolute atomic E-state index is 0.0668. The van der Waals surface area contributed by atoms with Gasteiger partial charge in [-0.1, -0.05) is 48.0 Å². The molecule has 0 aliphatic heterocycles. The molecule has 0 bridgehead atoms. The summed E-state index contributed by atoms with van der Waals surface area (Å²) in [4.78, 5) is 29.3. The van der Waals surface area contributed by atoms with Crippen molar-refractivity contribution in [1.82, 2.24) is 14.4 Å². The molecule has 3 amide bonds. The van der Waals surface area contributed by atoms with Gasteiger partial charge in [-0.2, -0.15) is 0 Å². The van der Waals surface area contributed by atoms with E-state index in [9.17, 15) is 9.59 Å². The van der Waals surface area contributed by atoms with Crippen LogP contribution in [0.2, 0.25) is 5.02 Å². The summed E-state index contributed by atoms with van der Waals surface area (Å²) in [5, 5.41) is 3.39. The average Bonchev–Trinajstić information content (AvgIpc) is 3.19. The molecule has 0 aliphatic carbocycles. The highest BCUT2D eigenvalue weighted by molar-refractivity contribution is 6.30. The molecule has 0 unspecified atom stereocenters. The van der Waals surface area contributed by atoms with Gasteiger partial charge in [0.2, 0.25) is 5.91 Å². The third kappa shape index (κ3) is 6.49. The van der Waals surface area contributed by atoms with Crippen molar-refractivity contribution in [1.29, 1.82) is 0 Å². The van der Waals surface area contributed by atoms with Gasteiger partial charge >= 0.3 is 6.03 Å². The van der Waals surface area contributed by atoms with Crippen LogP contribution in [0.4, 0.5) is 10.5 Å². The largest absolute Gasteiger partial charge is 0.353 e. The number of urea groups is 1. The van der Waals surface area contributed by atoms with Gasteiger partial charge in [0, 0.05) is 42.7 Å². The summed E-state index contributed by atoms with van der Waals surface area (Å²) in [6.45, 7) is 4.80. The summed E-state index contributed by atoms with van der Waals surface area (Å²) in [6, 6.07) is 20.2. The Morgan fingerprint density at radius 3 is 2.34 bits per heavy atom. The first kappa shape index (κ1) is 23.2. The van der Waals surface area contributed by atoms with E-state index < -0.39 is 0 Å². The van der Waals surface area contributed by atoms with Crippen LogP contribution in [0.25, 0.3) is 0 Å². The van der Waals surface area contributed by atoms with Crippen LogP contribution in [0.1, 0.15) is 11.3 Å². The molecule has 3 rings (SSSR count). The van der Waals surface area contributed by atoms with E-state index in [0.717, 1.165) is 11.3 Å². The van der Waals surface area contributed by atoms with Gasteiger partial charge in [0.25, 0.3) is 0 Å². The van der Waals surface area contributed by atoms with Crippen LogP contribution in [-0.4, -0.2) is 39.4 Å². The Morgan fingerprint density at radius 2 is 1.72 bits per heavy atom. The summed E-state index contributed by atoms with van der Waals surface area (Å²) in [6.07, 6.45) is 3.55. The van der Waals surface area contributed by atoms with Crippen LogP contribution in [0.3, 0.4) is 0 Å². The molecule has 0 atom stereocenters. The highest BCUT2D eigenvalue weighted by Crippen LogP contribution is 2.15. The fourth-order valence-electron chi connectivity index (χ4n) is 3.27. The molecule has 1 heterocycles. The molecule has 166 valence electrons. The smallest absolute Gasteiger partial charge is 0.322 e. The van der Waals surface area contributed by atoms with Crippen LogP contribution in [-0.2, 0) is 24.9 Å². The van der Waals surface area contributed by atoms with Crippen LogP contribution in [0.5, 0.6) is 0 Å². The molecule has 0 fully saturated rings. The van der Waals surface area contributed by atoms with Crippen molar-refractivity contribution < 1.29 is 9.59 Å². The first-order chi connectivity index (χ1) is 15.5. The van der Waals surface area contributed by atoms with Crippen LogP contribution < -0.4 is 5.32 Å². The zero-order valence-electron chi connectivity index (χ0n) is 18.1. The van der Waals surface area contributed by atoms with Crippen molar-refractivity contribution in [2.45, 2.75) is 13.1 Å². The summed E-state index contributed by atoms with van der Waals surface area (Å²) in [5.41, 5.74) is 2.64. The third-order valence-corrected chi connectivity index (χ3v) is 5.28. The Labute approximate surface area is 193 Å². The van der Waals surface area contributed by atoms with Gasteiger partial charge in [-0.05, 0) is 42.0 Å². The molecule has 0 aliphatic rings. The number of carbonyl (C=O) groups excluding carboxylic acids is 2. The Morgan fingerprint density at radius 1 is 1.00 bits per heavy atom. The number of halogens is 1. The molecule has 0 spiro atoms. The molecule has 7 heteroatoms. The highest BCUT2D eigenvalue weighted by Gasteiger charge is 2.22. The van der Waals surface area contributed by atoms with E-state index in [2.05, 4.69) is 11.9 Å². The molecular formula is C25H27ClN4O2. The van der Waals surface area contributed by atoms with E-state index in [4.69, 9.17) is 11.6 Å². The lowest BCUT2D eigenvalue weighted by Crippen LogP contribution is -2.44. The second-order valence-corrected chi connectivity index (χ2v) is 7.89. The van der Waals surface area contributed by atoms with E-state index in [1.807, 2.05) is 60.3 Å². The van der Waals surface area contributed by atoms with Crippen molar-refractivity contribution in [2.75, 3.05) is 18.4 Å². The number of carbonyl (C=O) groups is 2. The van der Waals surface area contributed by atoms with Gasteiger partial charge < -0.3 is 19.7 Å². The number of nitrogens with one attached hydrogen (secondary N) is 1. The summed E-state index contributed by atoms with van der Waals surface area (Å²) in [7, 11) is 1.95. The van der Waals surface area contributed by atoms with E-state index in [-0.39, 0.29) is 25.0 Å². The normalized spacial score (nSPS) is 10.4. The van der Waals surface area contributed by atoms with Crippen LogP contribution in [0, 0.1) is 0 Å². The predicted molar refractivity (Wildman–Crippen MR) is 128 cm³/mol. The van der Waals surface area contributed by atoms with Gasteiger partial charge in [0.1, 0.15) is 6.54 Å². The number of benzene rings is 2. The van der Waals surface area contributed by atoms with Gasteiger partial charge in [0.15, 0.2) is 0 Å². The summed E-state index contributed by atoms with van der Waals surface area (Å²) < 4.78 is 1.99. The Balaban J connectivity index is 1.74. The molecule has 32 heavy (non-hydrogen) atoms. The first-order valence-corrected chi connectivity index (χ1v) is 10.7. The number of hydrogen-bond donors (Lipinski definition) is 1. The highest BCUT2D eigenvalue weighted by atomic mass is 35.5. The minimum atomic E-state index is -0.376. The maximum Gasteiger partial charge on any atom is 0.322 e. The Hall–Kier alpha value is -3.51. The molecule has 0 radical (unpaired) electrons. The lowest BCUT2D eigenvalue weighted by atomic mass is 10.2. The molecule has 2 aromatic carbocycles. The number of nitrogens with zero attached hydrogens (tertiary/aromatic N) is 3. The minimum Gasteiger partial charge on any atom is -0.353 e. The second kappa shape index (κ2) is 11.2. The van der Waals surface area contributed by atoms with Crippen LogP contribution in [0.15, 0.2) is 85.6 Å². The summed E-state index contributed by atoms with van der Waals surface area (Å²) in [5.74, 6) is -0.150. The number of aryl methyl sites for hydroxylation is 1. The summed E-state index contributed by atoms with van der Waals surface area (Å²) >= 11 is 5.91. The number of amides is 3. The zero-order chi connectivity index (χ0) is 22.9. The van der Waals surface area contributed by atoms with E-state index in [1.54, 1.807) is 35.2 Å². The standard InChI is InChI=1S/C25H27ClN4O2/c1-3-15-29(25(32)27-22-13-11-21(26)12-14-22)19-24(31)30(17-20-8-5-4-6-9-20)18-23-10-7-16-28(23)2/h3-14,16H,1,15,17-19H2,2H3,(H,27,32). The van der Waals surface area contributed by atoms with Crippen LogP contribution >= 0.6 is 11.6 Å². The average molecular weight is 451 g/mol. The molecule has 0 saturated heterocycles. The lowest BCUT2D eigenvalue weighted by Gasteiger charge is -2.27. The Bertz CT molecular complexity index is 1050. The molecule has 1 N–H and O–H groups in total. The topological polar surface area (TPSA) is 57.6 Å². The first-order valence-electron chi connectivity index (χ1n) is 10.3. The molecular weight excluding hydrogens is 424 g/mol. The van der Waals surface area contributed by atoms with Crippen molar-refractivity contribution in [3.63, 3.8) is 0 Å². The SMILES string of the molecule is C=CCN(CC(=O)N(Cc1ccccc1)Cc1cccn1C)C(=O)Nc1ccc(Cl)cc1. The van der Waals surface area contributed by atoms with Crippen molar-refractivity contribution in [3.05, 3.63) is 102 Å². The van der Waals surface area contributed by atoms with Gasteiger partial charge in [-0.15, -0.1) is 6.58 Å². The lowest BCUT2D eigenvalue weighted by molar-refractivity contribution is -0.133. The third-order valence-electron chi connectivity index (χ3n) is 5.03. The van der Waals surface area contributed by atoms with Gasteiger partial charge in [0.05, 0.1) is 6.54 Å². The van der Waals surface area contributed by atoms with Crippen molar-refractivity contribution in [3.8, 4) is 0 Å². The quantitative estimate of drug-likeness (QED) is 0.470.